The summed E-state index contributed by atoms with van der Waals surface area (Å²) in [5, 5.41) is 0. The van der Waals surface area contributed by atoms with Crippen LogP contribution in [0, 0.1) is 11.3 Å². The van der Waals surface area contributed by atoms with Gasteiger partial charge in [-0.3, -0.25) is 0 Å². The predicted molar refractivity (Wildman–Crippen MR) is 47.8 cm³/mol. The first-order chi connectivity index (χ1) is 5.37. The molecule has 11 heavy (non-hydrogen) atoms. The number of carbonyl (C=O) groups is 1. The molecule has 0 aromatic rings. The van der Waals surface area contributed by atoms with Crippen molar-refractivity contribution in [2.45, 2.75) is 25.7 Å². The van der Waals surface area contributed by atoms with Crippen LogP contribution in [0.1, 0.15) is 25.7 Å². The number of rotatable bonds is 1. The van der Waals surface area contributed by atoms with E-state index in [9.17, 15) is 4.79 Å². The van der Waals surface area contributed by atoms with Crippen molar-refractivity contribution in [2.24, 2.45) is 11.3 Å². The molecule has 1 heterocycles. The van der Waals surface area contributed by atoms with Gasteiger partial charge in [-0.1, -0.05) is 0 Å². The SMILES string of the molecule is O=CC1CC12CCCSCC2. The molecular weight excluding hydrogens is 156 g/mol. The van der Waals surface area contributed by atoms with Crippen LogP contribution < -0.4 is 0 Å². The van der Waals surface area contributed by atoms with Gasteiger partial charge in [0.1, 0.15) is 6.29 Å². The molecule has 1 saturated heterocycles. The molecule has 0 radical (unpaired) electrons. The van der Waals surface area contributed by atoms with Gasteiger partial charge < -0.3 is 4.79 Å². The largest absolute Gasteiger partial charge is 0.303 e. The molecule has 0 aromatic heterocycles. The highest BCUT2D eigenvalue weighted by atomic mass is 32.2. The van der Waals surface area contributed by atoms with Crippen LogP contribution in [0.2, 0.25) is 0 Å². The molecule has 2 heteroatoms. The summed E-state index contributed by atoms with van der Waals surface area (Å²) in [4.78, 5) is 10.5. The molecule has 2 unspecified atom stereocenters. The summed E-state index contributed by atoms with van der Waals surface area (Å²) in [6, 6.07) is 0. The maximum absolute atomic E-state index is 10.5. The highest BCUT2D eigenvalue weighted by Crippen LogP contribution is 2.58. The Bertz CT molecular complexity index is 159. The van der Waals surface area contributed by atoms with E-state index in [1.807, 2.05) is 0 Å². The summed E-state index contributed by atoms with van der Waals surface area (Å²) < 4.78 is 0. The van der Waals surface area contributed by atoms with Crippen molar-refractivity contribution >= 4 is 18.0 Å². The van der Waals surface area contributed by atoms with Crippen molar-refractivity contribution in [3.05, 3.63) is 0 Å². The molecule has 0 amide bonds. The predicted octanol–water partition coefficient (Wildman–Crippen LogP) is 2.11. The number of hydrogen-bond acceptors (Lipinski definition) is 2. The van der Waals surface area contributed by atoms with Gasteiger partial charge in [0, 0.05) is 5.92 Å². The van der Waals surface area contributed by atoms with Crippen LogP contribution in [0.5, 0.6) is 0 Å². The van der Waals surface area contributed by atoms with E-state index >= 15 is 0 Å². The van der Waals surface area contributed by atoms with Gasteiger partial charge in [0.2, 0.25) is 0 Å². The van der Waals surface area contributed by atoms with E-state index in [0.29, 0.717) is 11.3 Å². The Morgan fingerprint density at radius 3 is 3.00 bits per heavy atom. The van der Waals surface area contributed by atoms with Gasteiger partial charge in [-0.2, -0.15) is 11.8 Å². The Morgan fingerprint density at radius 2 is 2.27 bits per heavy atom. The van der Waals surface area contributed by atoms with Crippen LogP contribution >= 0.6 is 11.8 Å². The minimum atomic E-state index is 0.432. The summed E-state index contributed by atoms with van der Waals surface area (Å²) in [6.07, 6.45) is 6.30. The first kappa shape index (κ1) is 7.66. The second-order valence-corrected chi connectivity index (χ2v) is 5.00. The normalized spacial score (nSPS) is 43.5. The van der Waals surface area contributed by atoms with Crippen LogP contribution in [0.25, 0.3) is 0 Å². The van der Waals surface area contributed by atoms with E-state index in [1.165, 1.54) is 43.5 Å². The summed E-state index contributed by atoms with van der Waals surface area (Å²) >= 11 is 2.05. The molecular formula is C9H14OS. The van der Waals surface area contributed by atoms with E-state index in [2.05, 4.69) is 11.8 Å². The Balaban J connectivity index is 1.97. The summed E-state index contributed by atoms with van der Waals surface area (Å²) in [7, 11) is 0. The molecule has 1 saturated carbocycles. The quantitative estimate of drug-likeness (QED) is 0.561. The summed E-state index contributed by atoms with van der Waals surface area (Å²) in [5.74, 6) is 3.03. The average molecular weight is 170 g/mol. The van der Waals surface area contributed by atoms with Gasteiger partial charge in [-0.15, -0.1) is 0 Å². The first-order valence-electron chi connectivity index (χ1n) is 4.40. The van der Waals surface area contributed by atoms with Gasteiger partial charge in [-0.25, -0.2) is 0 Å². The van der Waals surface area contributed by atoms with E-state index in [1.54, 1.807) is 0 Å². The van der Waals surface area contributed by atoms with Crippen LogP contribution in [-0.4, -0.2) is 17.8 Å². The fourth-order valence-corrected chi connectivity index (χ4v) is 3.28. The minimum Gasteiger partial charge on any atom is -0.303 e. The number of hydrogen-bond donors (Lipinski definition) is 0. The molecule has 2 rings (SSSR count). The maximum atomic E-state index is 10.5. The van der Waals surface area contributed by atoms with E-state index < -0.39 is 0 Å². The number of carbonyl (C=O) groups excluding carboxylic acids is 1. The topological polar surface area (TPSA) is 17.1 Å². The summed E-state index contributed by atoms with van der Waals surface area (Å²) in [6.45, 7) is 0. The highest BCUT2D eigenvalue weighted by molar-refractivity contribution is 7.99. The lowest BCUT2D eigenvalue weighted by Crippen LogP contribution is -2.04. The zero-order chi connectivity index (χ0) is 7.73. The summed E-state index contributed by atoms with van der Waals surface area (Å²) in [5.41, 5.74) is 0.491. The molecule has 0 N–H and O–H groups in total. The molecule has 2 aliphatic rings. The van der Waals surface area contributed by atoms with Crippen LogP contribution in [0.4, 0.5) is 0 Å². The smallest absolute Gasteiger partial charge is 0.123 e. The molecule has 62 valence electrons. The van der Waals surface area contributed by atoms with Gasteiger partial charge in [-0.05, 0) is 42.6 Å². The standard InChI is InChI=1S/C9H14OS/c10-7-8-6-9(8)2-1-4-11-5-3-9/h7-8H,1-6H2. The number of aldehydes is 1. The second-order valence-electron chi connectivity index (χ2n) is 3.77. The molecule has 1 aliphatic heterocycles. The molecule has 2 fully saturated rings. The molecule has 1 aliphatic carbocycles. The highest BCUT2D eigenvalue weighted by Gasteiger charge is 2.52. The Labute approximate surface area is 71.9 Å². The van der Waals surface area contributed by atoms with Gasteiger partial charge in [0.05, 0.1) is 0 Å². The number of thioether (sulfide) groups is 1. The van der Waals surface area contributed by atoms with E-state index in [-0.39, 0.29) is 0 Å². The van der Waals surface area contributed by atoms with Gasteiger partial charge in [0.15, 0.2) is 0 Å². The van der Waals surface area contributed by atoms with Crippen molar-refractivity contribution in [3.63, 3.8) is 0 Å². The maximum Gasteiger partial charge on any atom is 0.123 e. The second kappa shape index (κ2) is 2.81. The average Bonchev–Trinajstić information content (AvgIpc) is 2.76. The Morgan fingerprint density at radius 1 is 1.36 bits per heavy atom. The van der Waals surface area contributed by atoms with Crippen molar-refractivity contribution in [2.75, 3.05) is 11.5 Å². The zero-order valence-electron chi connectivity index (χ0n) is 6.71. The van der Waals surface area contributed by atoms with Crippen molar-refractivity contribution in [1.82, 2.24) is 0 Å². The third-order valence-electron chi connectivity index (χ3n) is 3.12. The molecule has 0 bridgehead atoms. The third kappa shape index (κ3) is 1.33. The minimum absolute atomic E-state index is 0.432. The Hall–Kier alpha value is 0.0200. The van der Waals surface area contributed by atoms with Crippen LogP contribution in [0.15, 0.2) is 0 Å². The third-order valence-corrected chi connectivity index (χ3v) is 4.19. The molecule has 0 aromatic carbocycles. The van der Waals surface area contributed by atoms with E-state index in [4.69, 9.17) is 0 Å². The van der Waals surface area contributed by atoms with Gasteiger partial charge >= 0.3 is 0 Å². The van der Waals surface area contributed by atoms with Crippen LogP contribution in [0.3, 0.4) is 0 Å². The molecule has 2 atom stereocenters. The van der Waals surface area contributed by atoms with Gasteiger partial charge in [0.25, 0.3) is 0 Å². The van der Waals surface area contributed by atoms with Crippen molar-refractivity contribution in [3.8, 4) is 0 Å². The molecule has 1 spiro atoms. The lowest BCUT2D eigenvalue weighted by atomic mass is 9.95. The zero-order valence-corrected chi connectivity index (χ0v) is 7.53. The lowest BCUT2D eigenvalue weighted by Gasteiger charge is -2.09. The fourth-order valence-electron chi connectivity index (χ4n) is 2.18. The molecule has 1 nitrogen and oxygen atoms in total. The van der Waals surface area contributed by atoms with E-state index in [0.717, 1.165) is 0 Å². The first-order valence-corrected chi connectivity index (χ1v) is 5.56. The Kier molecular flexibility index (Phi) is 1.96. The van der Waals surface area contributed by atoms with Crippen LogP contribution in [-0.2, 0) is 4.79 Å². The fraction of sp³-hybridized carbons (Fsp3) is 0.889. The van der Waals surface area contributed by atoms with Crippen molar-refractivity contribution in [1.29, 1.82) is 0 Å². The monoisotopic (exact) mass is 170 g/mol. The van der Waals surface area contributed by atoms with Crippen molar-refractivity contribution < 1.29 is 4.79 Å². The lowest BCUT2D eigenvalue weighted by molar-refractivity contribution is -0.109.